The Morgan fingerprint density at radius 3 is 2.24 bits per heavy atom. The smallest absolute Gasteiger partial charge is 0.254 e. The van der Waals surface area contributed by atoms with Crippen molar-refractivity contribution in [3.8, 4) is 5.75 Å². The first-order valence-corrected chi connectivity index (χ1v) is 11.4. The summed E-state index contributed by atoms with van der Waals surface area (Å²) in [5.74, 6) is 0.380. The molecule has 0 bridgehead atoms. The number of nitrogens with zero attached hydrogens (tertiary/aromatic N) is 3. The minimum Gasteiger partial charge on any atom is -0.497 e. The Labute approximate surface area is 201 Å². The predicted molar refractivity (Wildman–Crippen MR) is 131 cm³/mol. The van der Waals surface area contributed by atoms with Crippen molar-refractivity contribution in [2.45, 2.75) is 19.5 Å². The Morgan fingerprint density at radius 2 is 1.62 bits per heavy atom. The van der Waals surface area contributed by atoms with Crippen LogP contribution in [0.1, 0.15) is 28.0 Å². The Kier molecular flexibility index (Phi) is 9.29. The molecule has 0 unspecified atom stereocenters. The van der Waals surface area contributed by atoms with Crippen molar-refractivity contribution >= 4 is 11.8 Å². The average Bonchev–Trinajstić information content (AvgIpc) is 3.27. The Hall–Kier alpha value is -3.58. The van der Waals surface area contributed by atoms with Gasteiger partial charge in [0.25, 0.3) is 5.91 Å². The molecule has 34 heavy (non-hydrogen) atoms. The third kappa shape index (κ3) is 6.96. The van der Waals surface area contributed by atoms with Crippen LogP contribution in [0.3, 0.4) is 0 Å². The molecule has 7 heteroatoms. The summed E-state index contributed by atoms with van der Waals surface area (Å²) in [6, 6.07) is 20.8. The van der Waals surface area contributed by atoms with Crippen LogP contribution >= 0.6 is 0 Å². The summed E-state index contributed by atoms with van der Waals surface area (Å²) in [6.07, 6.45) is 2.60. The number of hydrogen-bond acceptors (Lipinski definition) is 4. The molecule has 0 aliphatic heterocycles. The molecule has 3 aromatic rings. The van der Waals surface area contributed by atoms with Crippen LogP contribution in [0, 0.1) is 0 Å². The molecule has 180 valence electrons. The first-order chi connectivity index (χ1) is 16.5. The third-order valence-electron chi connectivity index (χ3n) is 5.70. The highest BCUT2D eigenvalue weighted by Crippen LogP contribution is 2.15. The standard InChI is InChI=1S/C27H33N3O4/c1-28-16-7-11-24(28)20-30(19-22-9-5-4-6-10-22)26(31)21-29(17-8-18-33-2)27(32)23-12-14-25(34-3)15-13-23/h4-7,9-16H,8,17-21H2,1-3H3. The number of benzene rings is 2. The monoisotopic (exact) mass is 463 g/mol. The fraction of sp³-hybridized carbons (Fsp3) is 0.333. The third-order valence-corrected chi connectivity index (χ3v) is 5.70. The van der Waals surface area contributed by atoms with Crippen molar-refractivity contribution < 1.29 is 19.1 Å². The average molecular weight is 464 g/mol. The second-order valence-electron chi connectivity index (χ2n) is 8.15. The number of aryl methyl sites for hydroxylation is 1. The summed E-state index contributed by atoms with van der Waals surface area (Å²) in [5.41, 5.74) is 2.58. The fourth-order valence-corrected chi connectivity index (χ4v) is 3.72. The molecule has 0 aliphatic carbocycles. The quantitative estimate of drug-likeness (QED) is 0.384. The van der Waals surface area contributed by atoms with E-state index in [1.54, 1.807) is 48.3 Å². The van der Waals surface area contributed by atoms with E-state index in [2.05, 4.69) is 0 Å². The van der Waals surface area contributed by atoms with Crippen LogP contribution in [-0.2, 0) is 29.7 Å². The SMILES string of the molecule is COCCCN(CC(=O)N(Cc1ccccc1)Cc1cccn1C)C(=O)c1ccc(OC)cc1. The second kappa shape index (κ2) is 12.6. The number of rotatable bonds is 12. The van der Waals surface area contributed by atoms with Gasteiger partial charge in [-0.25, -0.2) is 0 Å². The lowest BCUT2D eigenvalue weighted by Crippen LogP contribution is -2.43. The van der Waals surface area contributed by atoms with E-state index in [1.807, 2.05) is 60.3 Å². The van der Waals surface area contributed by atoms with Gasteiger partial charge in [-0.2, -0.15) is 0 Å². The van der Waals surface area contributed by atoms with E-state index in [9.17, 15) is 9.59 Å². The molecule has 0 aliphatic rings. The van der Waals surface area contributed by atoms with Gasteiger partial charge >= 0.3 is 0 Å². The van der Waals surface area contributed by atoms with Crippen molar-refractivity contribution in [2.24, 2.45) is 7.05 Å². The molecule has 1 aromatic heterocycles. The fourth-order valence-electron chi connectivity index (χ4n) is 3.72. The van der Waals surface area contributed by atoms with Crippen molar-refractivity contribution in [1.29, 1.82) is 0 Å². The maximum absolute atomic E-state index is 13.5. The maximum Gasteiger partial charge on any atom is 0.254 e. The van der Waals surface area contributed by atoms with Crippen molar-refractivity contribution in [3.05, 3.63) is 89.7 Å². The highest BCUT2D eigenvalue weighted by Gasteiger charge is 2.23. The minimum atomic E-state index is -0.189. The largest absolute Gasteiger partial charge is 0.497 e. The zero-order valence-electron chi connectivity index (χ0n) is 20.1. The second-order valence-corrected chi connectivity index (χ2v) is 8.15. The number of carbonyl (C=O) groups excluding carboxylic acids is 2. The normalized spacial score (nSPS) is 10.7. The van der Waals surface area contributed by atoms with Crippen LogP contribution in [0.4, 0.5) is 0 Å². The van der Waals surface area contributed by atoms with Gasteiger partial charge in [0, 0.05) is 51.3 Å². The molecule has 0 spiro atoms. The van der Waals surface area contributed by atoms with Gasteiger partial charge in [0.2, 0.25) is 5.91 Å². The molecular formula is C27H33N3O4. The molecule has 0 saturated carbocycles. The van der Waals surface area contributed by atoms with E-state index in [0.29, 0.717) is 44.0 Å². The number of carbonyl (C=O) groups is 2. The molecular weight excluding hydrogens is 430 g/mol. The van der Waals surface area contributed by atoms with E-state index >= 15 is 0 Å². The van der Waals surface area contributed by atoms with E-state index in [-0.39, 0.29) is 18.4 Å². The zero-order valence-corrected chi connectivity index (χ0v) is 20.1. The van der Waals surface area contributed by atoms with E-state index in [1.165, 1.54) is 0 Å². The van der Waals surface area contributed by atoms with Gasteiger partial charge in [-0.1, -0.05) is 30.3 Å². The molecule has 0 fully saturated rings. The Balaban J connectivity index is 1.80. The van der Waals surface area contributed by atoms with Gasteiger partial charge in [0.1, 0.15) is 12.3 Å². The number of aromatic nitrogens is 1. The number of amides is 2. The first-order valence-electron chi connectivity index (χ1n) is 11.4. The van der Waals surface area contributed by atoms with Gasteiger partial charge in [0.15, 0.2) is 0 Å². The summed E-state index contributed by atoms with van der Waals surface area (Å²) in [7, 11) is 5.17. The van der Waals surface area contributed by atoms with Gasteiger partial charge in [-0.15, -0.1) is 0 Å². The van der Waals surface area contributed by atoms with Gasteiger partial charge in [-0.05, 0) is 48.4 Å². The van der Waals surface area contributed by atoms with Crippen LogP contribution in [0.25, 0.3) is 0 Å². The summed E-state index contributed by atoms with van der Waals surface area (Å²) >= 11 is 0. The predicted octanol–water partition coefficient (Wildman–Crippen LogP) is 3.74. The van der Waals surface area contributed by atoms with Crippen LogP contribution in [0.2, 0.25) is 0 Å². The molecule has 0 saturated heterocycles. The lowest BCUT2D eigenvalue weighted by atomic mass is 10.1. The molecule has 2 amide bonds. The van der Waals surface area contributed by atoms with Gasteiger partial charge < -0.3 is 23.8 Å². The van der Waals surface area contributed by atoms with Crippen molar-refractivity contribution in [2.75, 3.05) is 33.9 Å². The molecule has 3 rings (SSSR count). The number of ether oxygens (including phenoxy) is 2. The molecule has 0 N–H and O–H groups in total. The van der Waals surface area contributed by atoms with Crippen molar-refractivity contribution in [1.82, 2.24) is 14.4 Å². The number of methoxy groups -OCH3 is 2. The lowest BCUT2D eigenvalue weighted by Gasteiger charge is -2.28. The van der Waals surface area contributed by atoms with E-state index in [0.717, 1.165) is 11.3 Å². The Bertz CT molecular complexity index is 1050. The molecule has 2 aromatic carbocycles. The molecule has 0 radical (unpaired) electrons. The van der Waals surface area contributed by atoms with Crippen molar-refractivity contribution in [3.63, 3.8) is 0 Å². The first kappa shape index (κ1) is 25.1. The van der Waals surface area contributed by atoms with Crippen LogP contribution in [0.15, 0.2) is 72.9 Å². The lowest BCUT2D eigenvalue weighted by molar-refractivity contribution is -0.133. The summed E-state index contributed by atoms with van der Waals surface area (Å²) in [5, 5.41) is 0. The molecule has 1 heterocycles. The van der Waals surface area contributed by atoms with Crippen LogP contribution in [0.5, 0.6) is 5.75 Å². The van der Waals surface area contributed by atoms with Crippen LogP contribution < -0.4 is 4.74 Å². The van der Waals surface area contributed by atoms with Gasteiger partial charge in [-0.3, -0.25) is 9.59 Å². The number of hydrogen-bond donors (Lipinski definition) is 0. The highest BCUT2D eigenvalue weighted by atomic mass is 16.5. The summed E-state index contributed by atoms with van der Waals surface area (Å²) in [6.45, 7) is 1.85. The highest BCUT2D eigenvalue weighted by molar-refractivity contribution is 5.96. The topological polar surface area (TPSA) is 64.0 Å². The van der Waals surface area contributed by atoms with Crippen LogP contribution in [-0.4, -0.2) is 60.1 Å². The molecule has 0 atom stereocenters. The Morgan fingerprint density at radius 1 is 0.882 bits per heavy atom. The van der Waals surface area contributed by atoms with E-state index < -0.39 is 0 Å². The molecule has 7 nitrogen and oxygen atoms in total. The summed E-state index contributed by atoms with van der Waals surface area (Å²) < 4.78 is 12.4. The van der Waals surface area contributed by atoms with Gasteiger partial charge in [0.05, 0.1) is 13.7 Å². The summed E-state index contributed by atoms with van der Waals surface area (Å²) in [4.78, 5) is 30.2. The minimum absolute atomic E-state index is 0.00810. The maximum atomic E-state index is 13.5. The van der Waals surface area contributed by atoms with E-state index in [4.69, 9.17) is 9.47 Å². The zero-order chi connectivity index (χ0) is 24.3.